The molecule has 2 saturated carbocycles. The van der Waals surface area contributed by atoms with Crippen LogP contribution in [0.3, 0.4) is 0 Å². The Labute approximate surface area is 158 Å². The summed E-state index contributed by atoms with van der Waals surface area (Å²) in [5.74, 6) is 0.429. The maximum Gasteiger partial charge on any atom is 0.243 e. The standard InChI is InChI=1S/C22H24N2O3/c1-11(13-6-4-3-5-7-13)23-20(25)12(2)24-21(26)18-14-8-9-15(17-10-16(14)17)19(18)22(24)27/h3-9,11-12,14-19H,10H2,1-2H3,(H,23,25)/t11-,12+,14+,15+,16+,17+,18-,19+/m0/s1. The Hall–Kier alpha value is -2.43. The van der Waals surface area contributed by atoms with Crippen LogP contribution in [0.5, 0.6) is 0 Å². The minimum Gasteiger partial charge on any atom is -0.348 e. The summed E-state index contributed by atoms with van der Waals surface area (Å²) in [6.07, 6.45) is 5.44. The molecule has 27 heavy (non-hydrogen) atoms. The van der Waals surface area contributed by atoms with E-state index >= 15 is 0 Å². The van der Waals surface area contributed by atoms with Crippen LogP contribution in [0.2, 0.25) is 0 Å². The fourth-order valence-corrected chi connectivity index (χ4v) is 5.64. The van der Waals surface area contributed by atoms with Crippen LogP contribution in [0.25, 0.3) is 0 Å². The third-order valence-electron chi connectivity index (χ3n) is 7.12. The van der Waals surface area contributed by atoms with Gasteiger partial charge in [0.1, 0.15) is 6.04 Å². The molecule has 3 amide bonds. The van der Waals surface area contributed by atoms with Crippen molar-refractivity contribution in [3.8, 4) is 0 Å². The Morgan fingerprint density at radius 3 is 2.11 bits per heavy atom. The molecular formula is C22H24N2O3. The summed E-state index contributed by atoms with van der Waals surface area (Å²) in [4.78, 5) is 40.2. The van der Waals surface area contributed by atoms with Gasteiger partial charge >= 0.3 is 0 Å². The van der Waals surface area contributed by atoms with Crippen molar-refractivity contribution in [1.29, 1.82) is 0 Å². The van der Waals surface area contributed by atoms with E-state index in [0.29, 0.717) is 11.8 Å². The van der Waals surface area contributed by atoms with Crippen LogP contribution in [-0.4, -0.2) is 28.7 Å². The maximum atomic E-state index is 13.1. The lowest BCUT2D eigenvalue weighted by Crippen LogP contribution is -2.49. The highest BCUT2D eigenvalue weighted by Gasteiger charge is 2.67. The molecule has 140 valence electrons. The third kappa shape index (κ3) is 2.33. The van der Waals surface area contributed by atoms with E-state index < -0.39 is 6.04 Å². The van der Waals surface area contributed by atoms with E-state index in [1.807, 2.05) is 37.3 Å². The molecule has 0 unspecified atom stereocenters. The minimum absolute atomic E-state index is 0.148. The third-order valence-corrected chi connectivity index (χ3v) is 7.12. The van der Waals surface area contributed by atoms with Crippen molar-refractivity contribution >= 4 is 17.7 Å². The first-order valence-electron chi connectivity index (χ1n) is 9.89. The first-order valence-corrected chi connectivity index (χ1v) is 9.89. The average molecular weight is 364 g/mol. The second-order valence-corrected chi connectivity index (χ2v) is 8.52. The van der Waals surface area contributed by atoms with E-state index in [0.717, 1.165) is 12.0 Å². The number of hydrogen-bond donors (Lipinski definition) is 1. The van der Waals surface area contributed by atoms with Gasteiger partial charge in [-0.05, 0) is 49.5 Å². The van der Waals surface area contributed by atoms with Gasteiger partial charge in [0.25, 0.3) is 0 Å². The summed E-state index contributed by atoms with van der Waals surface area (Å²) in [7, 11) is 0. The molecule has 5 heteroatoms. The molecule has 2 bridgehead atoms. The van der Waals surface area contributed by atoms with Gasteiger partial charge in [0.05, 0.1) is 17.9 Å². The maximum absolute atomic E-state index is 13.1. The highest BCUT2D eigenvalue weighted by atomic mass is 16.2. The topological polar surface area (TPSA) is 66.5 Å². The normalized spacial score (nSPS) is 37.6. The molecule has 1 N–H and O–H groups in total. The van der Waals surface area contributed by atoms with Gasteiger partial charge in [-0.3, -0.25) is 19.3 Å². The highest BCUT2D eigenvalue weighted by Crippen LogP contribution is 2.65. The van der Waals surface area contributed by atoms with Crippen molar-refractivity contribution in [3.05, 3.63) is 48.0 Å². The first kappa shape index (κ1) is 16.7. The van der Waals surface area contributed by atoms with E-state index in [-0.39, 0.29) is 47.4 Å². The lowest BCUT2D eigenvalue weighted by Gasteiger charge is -2.37. The number of hydrogen-bond acceptors (Lipinski definition) is 3. The van der Waals surface area contributed by atoms with Gasteiger partial charge in [0, 0.05) is 0 Å². The number of nitrogens with zero attached hydrogens (tertiary/aromatic N) is 1. The Morgan fingerprint density at radius 2 is 1.56 bits per heavy atom. The Bertz CT molecular complexity index is 812. The second-order valence-electron chi connectivity index (χ2n) is 8.52. The molecule has 5 aliphatic rings. The predicted octanol–water partition coefficient (Wildman–Crippen LogP) is 2.31. The van der Waals surface area contributed by atoms with Crippen LogP contribution in [0.1, 0.15) is 31.9 Å². The molecule has 0 radical (unpaired) electrons. The van der Waals surface area contributed by atoms with Crippen molar-refractivity contribution < 1.29 is 14.4 Å². The zero-order chi connectivity index (χ0) is 18.9. The molecule has 0 aromatic heterocycles. The molecule has 5 nitrogen and oxygen atoms in total. The molecule has 6 rings (SSSR count). The van der Waals surface area contributed by atoms with Gasteiger partial charge in [0.2, 0.25) is 17.7 Å². The monoisotopic (exact) mass is 364 g/mol. The number of imide groups is 1. The quantitative estimate of drug-likeness (QED) is 0.659. The van der Waals surface area contributed by atoms with Gasteiger partial charge in [-0.2, -0.15) is 0 Å². The zero-order valence-electron chi connectivity index (χ0n) is 15.5. The van der Waals surface area contributed by atoms with E-state index in [1.165, 1.54) is 4.90 Å². The Morgan fingerprint density at radius 1 is 1.00 bits per heavy atom. The molecular weight excluding hydrogens is 340 g/mol. The number of amides is 3. The predicted molar refractivity (Wildman–Crippen MR) is 99.0 cm³/mol. The van der Waals surface area contributed by atoms with E-state index in [1.54, 1.807) is 6.92 Å². The number of allylic oxidation sites excluding steroid dienone is 2. The average Bonchev–Trinajstić information content (AvgIpc) is 3.46. The molecule has 1 aliphatic heterocycles. The zero-order valence-corrected chi connectivity index (χ0v) is 15.5. The van der Waals surface area contributed by atoms with Gasteiger partial charge in [-0.15, -0.1) is 0 Å². The molecule has 1 aromatic carbocycles. The number of likely N-dealkylation sites (tertiary alicyclic amines) is 1. The highest BCUT2D eigenvalue weighted by molar-refractivity contribution is 6.09. The summed E-state index contributed by atoms with van der Waals surface area (Å²) in [5.41, 5.74) is 0.994. The summed E-state index contributed by atoms with van der Waals surface area (Å²) >= 11 is 0. The summed E-state index contributed by atoms with van der Waals surface area (Å²) in [6, 6.07) is 8.72. The van der Waals surface area contributed by atoms with Crippen LogP contribution in [-0.2, 0) is 14.4 Å². The second kappa shape index (κ2) is 5.78. The molecule has 1 aromatic rings. The van der Waals surface area contributed by atoms with Crippen molar-refractivity contribution in [1.82, 2.24) is 10.2 Å². The van der Waals surface area contributed by atoms with Gasteiger partial charge in [-0.25, -0.2) is 0 Å². The van der Waals surface area contributed by atoms with E-state index in [4.69, 9.17) is 0 Å². The molecule has 4 aliphatic carbocycles. The van der Waals surface area contributed by atoms with E-state index in [9.17, 15) is 14.4 Å². The smallest absolute Gasteiger partial charge is 0.243 e. The van der Waals surface area contributed by atoms with Crippen molar-refractivity contribution in [2.45, 2.75) is 32.4 Å². The number of rotatable bonds is 4. The first-order chi connectivity index (χ1) is 13.0. The van der Waals surface area contributed by atoms with E-state index in [2.05, 4.69) is 17.5 Å². The minimum atomic E-state index is -0.780. The van der Waals surface area contributed by atoms with Gasteiger partial charge < -0.3 is 5.32 Å². The Kier molecular flexibility index (Phi) is 3.58. The van der Waals surface area contributed by atoms with Crippen molar-refractivity contribution in [3.63, 3.8) is 0 Å². The molecule has 3 fully saturated rings. The molecule has 8 atom stereocenters. The van der Waals surface area contributed by atoms with Crippen LogP contribution >= 0.6 is 0 Å². The Balaban J connectivity index is 1.34. The fourth-order valence-electron chi connectivity index (χ4n) is 5.64. The molecule has 0 spiro atoms. The molecule has 1 heterocycles. The largest absolute Gasteiger partial charge is 0.348 e. The van der Waals surface area contributed by atoms with Gasteiger partial charge in [-0.1, -0.05) is 42.5 Å². The lowest BCUT2D eigenvalue weighted by atomic mass is 9.63. The van der Waals surface area contributed by atoms with Crippen LogP contribution in [0.4, 0.5) is 0 Å². The van der Waals surface area contributed by atoms with Crippen molar-refractivity contribution in [2.75, 3.05) is 0 Å². The molecule has 1 saturated heterocycles. The van der Waals surface area contributed by atoms with Crippen LogP contribution in [0.15, 0.2) is 42.5 Å². The number of benzene rings is 1. The summed E-state index contributed by atoms with van der Waals surface area (Å²) in [5, 5.41) is 2.95. The SMILES string of the molecule is C[C@H](NC(=O)[C@@H](C)N1C(=O)[C@@H]2[C@@H]3C=C[C@H]([C@H]4C[C@H]34)[C@@H]2C1=O)c1ccccc1. The van der Waals surface area contributed by atoms with Crippen molar-refractivity contribution in [2.24, 2.45) is 35.5 Å². The van der Waals surface area contributed by atoms with Gasteiger partial charge in [0.15, 0.2) is 0 Å². The lowest BCUT2D eigenvalue weighted by molar-refractivity contribution is -0.147. The number of carbonyl (C=O) groups excluding carboxylic acids is 3. The van der Waals surface area contributed by atoms with Crippen LogP contribution in [0, 0.1) is 35.5 Å². The van der Waals surface area contributed by atoms with Crippen LogP contribution < -0.4 is 5.32 Å². The summed E-state index contributed by atoms with van der Waals surface area (Å²) in [6.45, 7) is 3.57. The fraction of sp³-hybridized carbons (Fsp3) is 0.500. The summed E-state index contributed by atoms with van der Waals surface area (Å²) < 4.78 is 0. The number of carbonyl (C=O) groups is 3. The number of nitrogens with one attached hydrogen (secondary N) is 1.